The molecule has 5 amide bonds. The van der Waals surface area contributed by atoms with Crippen molar-refractivity contribution in [2.75, 3.05) is 32.7 Å². The highest BCUT2D eigenvalue weighted by Gasteiger charge is 2.39. The van der Waals surface area contributed by atoms with E-state index in [1.165, 1.54) is 50.9 Å². The minimum atomic E-state index is -1.05. The number of phenolic OH excluding ortho intramolecular Hbond substituents is 1. The predicted molar refractivity (Wildman–Crippen MR) is 276 cm³/mol. The Morgan fingerprint density at radius 2 is 1.71 bits per heavy atom. The van der Waals surface area contributed by atoms with Crippen LogP contribution >= 0.6 is 32.9 Å². The highest BCUT2D eigenvalue weighted by atomic mass is 33.1. The third-order valence-corrected chi connectivity index (χ3v) is 15.4. The molecule has 7 atom stereocenters. The Labute approximate surface area is 434 Å². The number of thiazole rings is 1. The van der Waals surface area contributed by atoms with Crippen LogP contribution < -0.4 is 21.5 Å². The number of likely N-dealkylation sites (N-methyl/N-ethyl adjacent to an activating group) is 1. The van der Waals surface area contributed by atoms with E-state index < -0.39 is 78.7 Å². The number of nitrogens with zero attached hydrogens (tertiary/aromatic N) is 4. The summed E-state index contributed by atoms with van der Waals surface area (Å²) < 4.78 is 16.7. The Hall–Kier alpha value is -5.45. The van der Waals surface area contributed by atoms with Gasteiger partial charge in [-0.2, -0.15) is 0 Å². The van der Waals surface area contributed by atoms with Crippen LogP contribution in [0.3, 0.4) is 0 Å². The maximum absolute atomic E-state index is 14.9. The number of hydrogen-bond acceptors (Lipinski definition) is 17. The lowest BCUT2D eigenvalue weighted by atomic mass is 9.92. The molecule has 0 spiro atoms. The second kappa shape index (κ2) is 30.6. The van der Waals surface area contributed by atoms with Gasteiger partial charge in [0.2, 0.25) is 17.7 Å². The van der Waals surface area contributed by atoms with Gasteiger partial charge in [0, 0.05) is 55.1 Å². The number of aromatic hydroxyl groups is 1. The van der Waals surface area contributed by atoms with Crippen LogP contribution in [0.4, 0.5) is 4.79 Å². The molecule has 396 valence electrons. The first-order valence-electron chi connectivity index (χ1n) is 24.5. The number of rotatable bonds is 27. The summed E-state index contributed by atoms with van der Waals surface area (Å²) >= 11 is 1.08. The van der Waals surface area contributed by atoms with E-state index in [0.29, 0.717) is 25.0 Å². The average Bonchev–Trinajstić information content (AvgIpc) is 3.85. The number of nitrogens with one attached hydrogen (secondary N) is 4. The summed E-state index contributed by atoms with van der Waals surface area (Å²) in [5.74, 6) is -3.68. The molecule has 0 aliphatic carbocycles. The van der Waals surface area contributed by atoms with Crippen molar-refractivity contribution in [3.05, 3.63) is 70.3 Å². The van der Waals surface area contributed by atoms with E-state index >= 15 is 0 Å². The number of hydrazine groups is 1. The van der Waals surface area contributed by atoms with Gasteiger partial charge >= 0.3 is 18.0 Å². The fourth-order valence-electron chi connectivity index (χ4n) is 8.02. The molecule has 5 N–H and O–H groups in total. The number of hydrogen-bond donors (Lipinski definition) is 5. The molecule has 3 aromatic rings. The molecular weight excluding hydrogens is 985 g/mol. The largest absolute Gasteiger partial charge is 0.508 e. The molecule has 3 heterocycles. The van der Waals surface area contributed by atoms with Crippen LogP contribution in [0.5, 0.6) is 5.75 Å². The second-order valence-electron chi connectivity index (χ2n) is 18.3. The molecule has 0 radical (unpaired) electrons. The van der Waals surface area contributed by atoms with Crippen LogP contribution in [-0.4, -0.2) is 123 Å². The molecule has 72 heavy (non-hydrogen) atoms. The number of esters is 2. The fraction of sp³-hybridized carbons (Fsp3) is 0.580. The fourth-order valence-corrected chi connectivity index (χ4v) is 10.6. The first-order valence-corrected chi connectivity index (χ1v) is 27.7. The van der Waals surface area contributed by atoms with Crippen molar-refractivity contribution >= 4 is 74.6 Å². The maximum Gasteiger partial charge on any atom is 0.426 e. The van der Waals surface area contributed by atoms with Gasteiger partial charge in [0.05, 0.1) is 6.04 Å². The zero-order valence-corrected chi connectivity index (χ0v) is 45.0. The van der Waals surface area contributed by atoms with Gasteiger partial charge in [0.25, 0.3) is 5.91 Å². The van der Waals surface area contributed by atoms with Gasteiger partial charge < -0.3 is 34.9 Å². The average molecular weight is 1060 g/mol. The zero-order chi connectivity index (χ0) is 52.7. The van der Waals surface area contributed by atoms with Crippen molar-refractivity contribution in [1.82, 2.24) is 41.3 Å². The molecule has 1 fully saturated rings. The van der Waals surface area contributed by atoms with Gasteiger partial charge in [-0.1, -0.05) is 83.4 Å². The van der Waals surface area contributed by atoms with Crippen molar-refractivity contribution in [2.24, 2.45) is 17.8 Å². The summed E-state index contributed by atoms with van der Waals surface area (Å²) in [6.07, 6.45) is 3.97. The molecule has 1 aliphatic heterocycles. The van der Waals surface area contributed by atoms with E-state index in [1.54, 1.807) is 25.3 Å². The topological polar surface area (TPSA) is 248 Å². The summed E-state index contributed by atoms with van der Waals surface area (Å²) in [4.78, 5) is 106. The van der Waals surface area contributed by atoms with Crippen molar-refractivity contribution in [3.63, 3.8) is 0 Å². The molecule has 2 aromatic heterocycles. The lowest BCUT2D eigenvalue weighted by molar-refractivity contribution is -0.160. The number of ether oxygens (including phenoxy) is 3. The molecule has 4 rings (SSSR count). The Balaban J connectivity index is 1.51. The first-order chi connectivity index (χ1) is 34.4. The van der Waals surface area contributed by atoms with Crippen molar-refractivity contribution in [1.29, 1.82) is 0 Å². The van der Waals surface area contributed by atoms with Crippen molar-refractivity contribution in [3.8, 4) is 5.75 Å². The van der Waals surface area contributed by atoms with Crippen molar-refractivity contribution in [2.45, 2.75) is 142 Å². The number of carbonyl (C=O) groups is 7. The van der Waals surface area contributed by atoms with Crippen LogP contribution in [0.15, 0.2) is 59.1 Å². The van der Waals surface area contributed by atoms with E-state index in [2.05, 4.69) is 31.5 Å². The number of phenols is 1. The third kappa shape index (κ3) is 19.5. The van der Waals surface area contributed by atoms with E-state index in [-0.39, 0.29) is 66.5 Å². The number of amides is 5. The van der Waals surface area contributed by atoms with E-state index in [1.807, 2.05) is 64.8 Å². The summed E-state index contributed by atoms with van der Waals surface area (Å²) in [7, 11) is 4.81. The minimum absolute atomic E-state index is 0.00993. The molecule has 0 saturated carbocycles. The van der Waals surface area contributed by atoms with E-state index in [4.69, 9.17) is 14.2 Å². The molecular formula is C50H72N8O11S3. The highest BCUT2D eigenvalue weighted by molar-refractivity contribution is 8.76. The van der Waals surface area contributed by atoms with Gasteiger partial charge in [-0.05, 0) is 98.2 Å². The number of likely N-dealkylation sites (tertiary alicyclic amines) is 1. The third-order valence-electron chi connectivity index (χ3n) is 12.2. The van der Waals surface area contributed by atoms with Crippen LogP contribution in [0.2, 0.25) is 0 Å². The molecule has 22 heteroatoms. The van der Waals surface area contributed by atoms with Gasteiger partial charge in [-0.15, -0.1) is 11.3 Å². The lowest BCUT2D eigenvalue weighted by Gasteiger charge is -2.39. The quantitative estimate of drug-likeness (QED) is 0.0129. The summed E-state index contributed by atoms with van der Waals surface area (Å²) in [5, 5.41) is 18.6. The minimum Gasteiger partial charge on any atom is -0.508 e. The summed E-state index contributed by atoms with van der Waals surface area (Å²) in [5.41, 5.74) is 5.42. The van der Waals surface area contributed by atoms with Gasteiger partial charge in [0.1, 0.15) is 34.1 Å². The second-order valence-corrected chi connectivity index (χ2v) is 21.6. The molecule has 0 bridgehead atoms. The summed E-state index contributed by atoms with van der Waals surface area (Å²) in [6.45, 7) is 12.8. The Morgan fingerprint density at radius 1 is 0.958 bits per heavy atom. The van der Waals surface area contributed by atoms with Crippen molar-refractivity contribution < 1.29 is 52.9 Å². The highest BCUT2D eigenvalue weighted by Crippen LogP contribution is 2.32. The SMILES string of the molecule is CCCC(=O)OCN(C(=O)C(NC(=O)C1CCCCN1C)C(C)CC)C(CC(OC(C)=O)c1nc(C(=O)NC(Cc2ccc(O)cc2)CC(C)C(=O)NNC(=O)OCCSSc2ccccn2)cs1)C(C)C. The van der Waals surface area contributed by atoms with E-state index in [0.717, 1.165) is 41.3 Å². The summed E-state index contributed by atoms with van der Waals surface area (Å²) in [6, 6.07) is 9.30. The zero-order valence-electron chi connectivity index (χ0n) is 42.6. The van der Waals surface area contributed by atoms with Gasteiger partial charge in [0.15, 0.2) is 12.8 Å². The monoisotopic (exact) mass is 1060 g/mol. The Morgan fingerprint density at radius 3 is 2.36 bits per heavy atom. The van der Waals surface area contributed by atoms with Gasteiger partial charge in [-0.25, -0.2) is 20.2 Å². The first kappa shape index (κ1) is 59.1. The molecule has 1 aliphatic rings. The smallest absolute Gasteiger partial charge is 0.426 e. The molecule has 1 aromatic carbocycles. The number of benzene rings is 1. The number of pyridine rings is 1. The molecule has 7 unspecified atom stereocenters. The van der Waals surface area contributed by atoms with Crippen LogP contribution in [0, 0.1) is 17.8 Å². The normalized spacial score (nSPS) is 16.2. The number of carbonyl (C=O) groups excluding carboxylic acids is 7. The molecule has 1 saturated heterocycles. The molecule has 19 nitrogen and oxygen atoms in total. The Bertz CT molecular complexity index is 2220. The lowest BCUT2D eigenvalue weighted by Crippen LogP contribution is -2.59. The number of piperidine rings is 1. The maximum atomic E-state index is 14.9. The van der Waals surface area contributed by atoms with Crippen LogP contribution in [0.1, 0.15) is 127 Å². The predicted octanol–water partition coefficient (Wildman–Crippen LogP) is 6.97. The van der Waals surface area contributed by atoms with Crippen LogP contribution in [-0.2, 0) is 44.6 Å². The standard InChI is InChI=1S/C50H72N8O11S3/c1-9-15-43(61)68-30-58(49(65)44(32(5)10-2)54-47(64)39-16-12-14-23-57(39)8)40(31(3)4)28-41(69-34(7)59)48-53-38(29-70-48)46(63)52-36(27-35-18-20-37(60)21-19-35)26-33(6)45(62)55-56-50(66)67-24-25-71-72-42-17-11-13-22-51-42/h11,13,17-22,29,31-33,36,39-41,44,60H,9-10,12,14-16,23-28,30H2,1-8H3,(H,52,63)(H,54,64)(H,55,62)(H,56,66). The Kier molecular flexibility index (Phi) is 25.1. The number of aromatic nitrogens is 2. The van der Waals surface area contributed by atoms with Gasteiger partial charge in [-0.3, -0.25) is 39.1 Å². The van der Waals surface area contributed by atoms with Crippen LogP contribution in [0.25, 0.3) is 0 Å². The van der Waals surface area contributed by atoms with E-state index in [9.17, 15) is 38.7 Å².